The summed E-state index contributed by atoms with van der Waals surface area (Å²) in [6.07, 6.45) is 0. The Hall–Kier alpha value is -1.73. The molecule has 6 nitrogen and oxygen atoms in total. The van der Waals surface area contributed by atoms with Crippen LogP contribution >= 0.6 is 46.4 Å². The Bertz CT molecular complexity index is 795. The topological polar surface area (TPSA) is 89.6 Å². The number of ketones is 1. The molecule has 118 valence electrons. The largest absolute Gasteiger partial charge is 0.286 e. The molecule has 1 aliphatic carbocycles. The van der Waals surface area contributed by atoms with Crippen LogP contribution in [0.2, 0.25) is 0 Å². The highest BCUT2D eigenvalue weighted by Gasteiger charge is 2.30. The smallest absolute Gasteiger partial charge is 0.277 e. The maximum Gasteiger partial charge on any atom is 0.277 e. The third kappa shape index (κ3) is 3.45. The molecule has 1 amide bonds. The fraction of sp³-hybridized carbons (Fsp3) is 0. The van der Waals surface area contributed by atoms with Gasteiger partial charge in [0.1, 0.15) is 15.8 Å². The van der Waals surface area contributed by atoms with Crippen molar-refractivity contribution in [3.8, 4) is 0 Å². The molecule has 0 aromatic heterocycles. The summed E-state index contributed by atoms with van der Waals surface area (Å²) in [4.78, 5) is 37.3. The van der Waals surface area contributed by atoms with Gasteiger partial charge in [0.2, 0.25) is 5.78 Å². The Morgan fingerprint density at radius 2 is 1.43 bits per heavy atom. The maximum absolute atomic E-state index is 12.1. The number of allylic oxidation sites excluding steroid dienone is 4. The zero-order chi connectivity index (χ0) is 17.3. The van der Waals surface area contributed by atoms with E-state index in [9.17, 15) is 19.7 Å². The van der Waals surface area contributed by atoms with Crippen LogP contribution in [0.15, 0.2) is 49.4 Å². The lowest BCUT2D eigenvalue weighted by Crippen LogP contribution is -2.17. The number of Topliss-reactive ketones (excluding diaryl/α,β-unsaturated/α-hetero) is 1. The van der Waals surface area contributed by atoms with Gasteiger partial charge in [-0.15, -0.1) is 0 Å². The standard InChI is InChI=1S/C13H4Cl4N2O4/c14-7-9(16)12(20)10(17)8(15)11(7)18-13(21)5-1-3-6(4-2-5)19(22)23/h1-4H. The normalized spacial score (nSPS) is 15.1. The Morgan fingerprint density at radius 1 is 0.957 bits per heavy atom. The number of nitro benzene ring substituents is 1. The lowest BCUT2D eigenvalue weighted by atomic mass is 10.1. The van der Waals surface area contributed by atoms with E-state index in [4.69, 9.17) is 46.4 Å². The summed E-state index contributed by atoms with van der Waals surface area (Å²) < 4.78 is 0. The molecule has 0 bridgehead atoms. The molecule has 10 heteroatoms. The molecule has 0 aliphatic heterocycles. The summed E-state index contributed by atoms with van der Waals surface area (Å²) in [5.41, 5.74) is -0.369. The Morgan fingerprint density at radius 3 is 1.87 bits per heavy atom. The van der Waals surface area contributed by atoms with E-state index in [1.54, 1.807) is 0 Å². The van der Waals surface area contributed by atoms with Gasteiger partial charge in [-0.25, -0.2) is 4.99 Å². The van der Waals surface area contributed by atoms with Gasteiger partial charge >= 0.3 is 0 Å². The number of hydrogen-bond acceptors (Lipinski definition) is 4. The minimum atomic E-state index is -0.783. The van der Waals surface area contributed by atoms with Crippen LogP contribution in [0.1, 0.15) is 10.4 Å². The van der Waals surface area contributed by atoms with Gasteiger partial charge in [-0.2, -0.15) is 0 Å². The molecule has 0 fully saturated rings. The number of aliphatic imine (C=N–C) groups is 1. The number of hydrogen-bond donors (Lipinski definition) is 0. The number of halogens is 4. The van der Waals surface area contributed by atoms with Gasteiger partial charge in [0.05, 0.1) is 15.0 Å². The van der Waals surface area contributed by atoms with Gasteiger partial charge < -0.3 is 0 Å². The fourth-order valence-electron chi connectivity index (χ4n) is 1.59. The van der Waals surface area contributed by atoms with E-state index in [2.05, 4.69) is 4.99 Å². The van der Waals surface area contributed by atoms with E-state index < -0.39 is 26.7 Å². The highest BCUT2D eigenvalue weighted by atomic mass is 35.5. The Kier molecular flexibility index (Phi) is 5.21. The van der Waals surface area contributed by atoms with E-state index in [0.29, 0.717) is 0 Å². The zero-order valence-electron chi connectivity index (χ0n) is 10.8. The average Bonchev–Trinajstić information content (AvgIpc) is 2.55. The molecule has 0 saturated carbocycles. The van der Waals surface area contributed by atoms with Crippen LogP contribution in [0.4, 0.5) is 5.69 Å². The summed E-state index contributed by atoms with van der Waals surface area (Å²) in [7, 11) is 0. The van der Waals surface area contributed by atoms with Gasteiger partial charge in [-0.3, -0.25) is 19.7 Å². The number of nitrogens with zero attached hydrogens (tertiary/aromatic N) is 2. The Labute approximate surface area is 149 Å². The third-order valence-corrected chi connectivity index (χ3v) is 4.39. The molecule has 2 rings (SSSR count). The summed E-state index contributed by atoms with van der Waals surface area (Å²) in [5, 5.41) is 9.15. The number of nitro groups is 1. The molecule has 0 heterocycles. The first-order valence-electron chi connectivity index (χ1n) is 5.77. The van der Waals surface area contributed by atoms with Gasteiger partial charge in [0, 0.05) is 17.7 Å². The number of rotatable bonds is 2. The minimum absolute atomic E-state index is 0.0566. The van der Waals surface area contributed by atoms with E-state index in [0.717, 1.165) is 12.1 Å². The van der Waals surface area contributed by atoms with Crippen molar-refractivity contribution < 1.29 is 14.5 Å². The zero-order valence-corrected chi connectivity index (χ0v) is 13.9. The summed E-state index contributed by atoms with van der Waals surface area (Å²) in [5.74, 6) is -1.56. The molecule has 0 saturated heterocycles. The predicted octanol–water partition coefficient (Wildman–Crippen LogP) is 4.14. The molecule has 0 radical (unpaired) electrons. The fourth-order valence-corrected chi connectivity index (χ4v) is 2.50. The number of amides is 1. The maximum atomic E-state index is 12.1. The number of non-ortho nitro benzene ring substituents is 1. The summed E-state index contributed by atoms with van der Waals surface area (Å²) >= 11 is 23.2. The lowest BCUT2D eigenvalue weighted by Gasteiger charge is -2.13. The third-order valence-electron chi connectivity index (χ3n) is 2.74. The van der Waals surface area contributed by atoms with Crippen LogP contribution in [0.25, 0.3) is 0 Å². The van der Waals surface area contributed by atoms with Crippen LogP contribution < -0.4 is 0 Å². The monoisotopic (exact) mass is 392 g/mol. The van der Waals surface area contributed by atoms with Gasteiger partial charge in [0.25, 0.3) is 11.6 Å². The first-order valence-corrected chi connectivity index (χ1v) is 7.28. The lowest BCUT2D eigenvalue weighted by molar-refractivity contribution is -0.384. The molecule has 23 heavy (non-hydrogen) atoms. The quantitative estimate of drug-likeness (QED) is 0.429. The van der Waals surface area contributed by atoms with Crippen molar-refractivity contribution in [2.75, 3.05) is 0 Å². The highest BCUT2D eigenvalue weighted by molar-refractivity contribution is 6.70. The van der Waals surface area contributed by atoms with Crippen molar-refractivity contribution >= 4 is 69.5 Å². The van der Waals surface area contributed by atoms with Crippen LogP contribution in [-0.2, 0) is 4.79 Å². The SMILES string of the molecule is O=C1C(Cl)=C(Cl)C(=NC(=O)c2ccc([N+](=O)[O-])cc2)C(Cl)=C1Cl. The van der Waals surface area contributed by atoms with Crippen molar-refractivity contribution in [3.63, 3.8) is 0 Å². The molecular formula is C13H4Cl4N2O4. The summed E-state index contributed by atoms with van der Waals surface area (Å²) in [6, 6.07) is 4.73. The molecule has 0 spiro atoms. The van der Waals surface area contributed by atoms with Crippen molar-refractivity contribution in [1.82, 2.24) is 0 Å². The first kappa shape index (κ1) is 17.6. The molecule has 1 aromatic rings. The molecular weight excluding hydrogens is 390 g/mol. The van der Waals surface area contributed by atoms with E-state index in [-0.39, 0.29) is 27.0 Å². The van der Waals surface area contributed by atoms with Crippen LogP contribution in [0, 0.1) is 10.1 Å². The molecule has 1 aliphatic rings. The van der Waals surface area contributed by atoms with Crippen molar-refractivity contribution in [1.29, 1.82) is 0 Å². The number of carbonyl (C=O) groups is 2. The van der Waals surface area contributed by atoms with Crippen LogP contribution in [0.3, 0.4) is 0 Å². The predicted molar refractivity (Wildman–Crippen MR) is 87.3 cm³/mol. The average molecular weight is 394 g/mol. The molecule has 0 unspecified atom stereocenters. The second-order valence-electron chi connectivity index (χ2n) is 4.15. The second-order valence-corrected chi connectivity index (χ2v) is 5.67. The van der Waals surface area contributed by atoms with E-state index in [1.807, 2.05) is 0 Å². The van der Waals surface area contributed by atoms with Crippen molar-refractivity contribution in [2.45, 2.75) is 0 Å². The molecule has 0 atom stereocenters. The van der Waals surface area contributed by atoms with Gasteiger partial charge in [-0.1, -0.05) is 46.4 Å². The summed E-state index contributed by atoms with van der Waals surface area (Å²) in [6.45, 7) is 0. The van der Waals surface area contributed by atoms with Crippen molar-refractivity contribution in [2.24, 2.45) is 4.99 Å². The van der Waals surface area contributed by atoms with Crippen LogP contribution in [0.5, 0.6) is 0 Å². The van der Waals surface area contributed by atoms with Crippen molar-refractivity contribution in [3.05, 3.63) is 60.1 Å². The highest BCUT2D eigenvalue weighted by Crippen LogP contribution is 2.34. The molecule has 0 N–H and O–H groups in total. The van der Waals surface area contributed by atoms with E-state index >= 15 is 0 Å². The van der Waals surface area contributed by atoms with Gasteiger partial charge in [0.15, 0.2) is 0 Å². The minimum Gasteiger partial charge on any atom is -0.286 e. The van der Waals surface area contributed by atoms with Crippen LogP contribution in [-0.4, -0.2) is 22.3 Å². The number of benzene rings is 1. The Balaban J connectivity index is 2.42. The second kappa shape index (κ2) is 6.80. The molecule has 1 aromatic carbocycles. The van der Waals surface area contributed by atoms with Gasteiger partial charge in [-0.05, 0) is 12.1 Å². The number of carbonyl (C=O) groups excluding carboxylic acids is 2. The first-order chi connectivity index (χ1) is 10.7. The van der Waals surface area contributed by atoms with E-state index in [1.165, 1.54) is 12.1 Å².